The molecule has 0 aliphatic carbocycles. The lowest BCUT2D eigenvalue weighted by Crippen LogP contribution is -2.47. The molecular weight excluding hydrogens is 304 g/mol. The van der Waals surface area contributed by atoms with Gasteiger partial charge in [-0.05, 0) is 6.42 Å². The molecule has 1 aliphatic heterocycles. The first-order valence-corrected chi connectivity index (χ1v) is 7.24. The smallest absolute Gasteiger partial charge is 0.328 e. The van der Waals surface area contributed by atoms with Crippen molar-refractivity contribution in [3.05, 3.63) is 33.1 Å². The lowest BCUT2D eigenvalue weighted by atomic mass is 10.2. The molecule has 0 saturated carbocycles. The van der Waals surface area contributed by atoms with Crippen LogP contribution in [0.4, 0.5) is 0 Å². The summed E-state index contributed by atoms with van der Waals surface area (Å²) in [7, 11) is 1.38. The highest BCUT2D eigenvalue weighted by Crippen LogP contribution is 2.18. The van der Waals surface area contributed by atoms with Crippen molar-refractivity contribution in [3.63, 3.8) is 0 Å². The molecule has 1 aromatic heterocycles. The molecule has 0 aromatic carbocycles. The lowest BCUT2D eigenvalue weighted by Gasteiger charge is -2.27. The van der Waals surface area contributed by atoms with Crippen molar-refractivity contribution in [1.29, 1.82) is 0 Å². The van der Waals surface area contributed by atoms with E-state index in [-0.39, 0.29) is 18.9 Å². The number of carbonyl (C=O) groups is 3. The molecule has 2 rings (SSSR count). The van der Waals surface area contributed by atoms with Crippen LogP contribution >= 0.6 is 0 Å². The van der Waals surface area contributed by atoms with E-state index in [0.717, 1.165) is 15.5 Å². The molecule has 1 aliphatic rings. The minimum Gasteiger partial charge on any atom is -0.329 e. The molecule has 0 radical (unpaired) electrons. The number of nitrogens with zero attached hydrogens (tertiary/aromatic N) is 3. The van der Waals surface area contributed by atoms with Crippen molar-refractivity contribution in [2.45, 2.75) is 32.4 Å². The van der Waals surface area contributed by atoms with Crippen molar-refractivity contribution < 1.29 is 14.4 Å². The Balaban J connectivity index is 2.22. The van der Waals surface area contributed by atoms with E-state index in [1.54, 1.807) is 0 Å². The maximum absolute atomic E-state index is 12.5. The Morgan fingerprint density at radius 1 is 1.35 bits per heavy atom. The van der Waals surface area contributed by atoms with E-state index < -0.39 is 29.1 Å². The number of aromatic nitrogens is 2. The van der Waals surface area contributed by atoms with Crippen LogP contribution < -0.4 is 11.2 Å². The van der Waals surface area contributed by atoms with Crippen LogP contribution in [0.5, 0.6) is 0 Å². The Kier molecular flexibility index (Phi) is 4.77. The number of rotatable bonds is 5. The van der Waals surface area contributed by atoms with Crippen molar-refractivity contribution in [2.75, 3.05) is 13.6 Å². The molecule has 1 unspecified atom stereocenters. The van der Waals surface area contributed by atoms with E-state index >= 15 is 0 Å². The summed E-state index contributed by atoms with van der Waals surface area (Å²) in [6.07, 6.45) is 1.77. The van der Waals surface area contributed by atoms with Gasteiger partial charge < -0.3 is 4.90 Å². The summed E-state index contributed by atoms with van der Waals surface area (Å²) < 4.78 is 1.05. The molecule has 124 valence electrons. The average Bonchev–Trinajstić information content (AvgIpc) is 2.75. The molecule has 0 spiro atoms. The Bertz CT molecular complexity index is 750. The van der Waals surface area contributed by atoms with Gasteiger partial charge in [0.15, 0.2) is 0 Å². The van der Waals surface area contributed by atoms with Gasteiger partial charge in [-0.1, -0.05) is 6.92 Å². The number of amides is 3. The second-order valence-corrected chi connectivity index (χ2v) is 5.34. The first-order valence-electron chi connectivity index (χ1n) is 7.24. The van der Waals surface area contributed by atoms with Gasteiger partial charge in [-0.25, -0.2) is 4.79 Å². The number of imide groups is 1. The largest absolute Gasteiger partial charge is 0.329 e. The standard InChI is InChI=1S/C14H18N4O5/c1-3-5-18(9-7-11(20)16(2)13(9)22)12(21)8-17-6-4-10(19)15-14(17)23/h4,6,9H,3,5,7-8H2,1-2H3,(H,15,19,23). The maximum Gasteiger partial charge on any atom is 0.328 e. The molecule has 0 bridgehead atoms. The third-order valence-corrected chi connectivity index (χ3v) is 3.72. The van der Waals surface area contributed by atoms with Crippen LogP contribution in [0.25, 0.3) is 0 Å². The zero-order chi connectivity index (χ0) is 17.1. The zero-order valence-electron chi connectivity index (χ0n) is 12.9. The van der Waals surface area contributed by atoms with E-state index in [4.69, 9.17) is 0 Å². The zero-order valence-corrected chi connectivity index (χ0v) is 12.9. The molecule has 1 N–H and O–H groups in total. The monoisotopic (exact) mass is 322 g/mol. The van der Waals surface area contributed by atoms with Crippen LogP contribution in [0.15, 0.2) is 21.9 Å². The molecule has 9 nitrogen and oxygen atoms in total. The number of likely N-dealkylation sites (N-methyl/N-ethyl adjacent to an activating group) is 1. The van der Waals surface area contributed by atoms with Crippen LogP contribution in [0.3, 0.4) is 0 Å². The second kappa shape index (κ2) is 6.59. The molecule has 2 heterocycles. The summed E-state index contributed by atoms with van der Waals surface area (Å²) in [5.41, 5.74) is -1.25. The molecule has 23 heavy (non-hydrogen) atoms. The fourth-order valence-electron chi connectivity index (χ4n) is 2.48. The van der Waals surface area contributed by atoms with Gasteiger partial charge in [0.1, 0.15) is 12.6 Å². The highest BCUT2D eigenvalue weighted by molar-refractivity contribution is 6.06. The Morgan fingerprint density at radius 3 is 2.57 bits per heavy atom. The summed E-state index contributed by atoms with van der Waals surface area (Å²) in [5, 5.41) is 0. The second-order valence-electron chi connectivity index (χ2n) is 5.34. The Morgan fingerprint density at radius 2 is 2.04 bits per heavy atom. The van der Waals surface area contributed by atoms with E-state index in [1.807, 2.05) is 6.92 Å². The number of hydrogen-bond donors (Lipinski definition) is 1. The number of hydrogen-bond acceptors (Lipinski definition) is 5. The predicted molar refractivity (Wildman–Crippen MR) is 79.5 cm³/mol. The maximum atomic E-state index is 12.5. The van der Waals surface area contributed by atoms with Crippen LogP contribution in [0.1, 0.15) is 19.8 Å². The summed E-state index contributed by atoms with van der Waals surface area (Å²) in [6.45, 7) is 1.84. The number of carbonyl (C=O) groups excluding carboxylic acids is 3. The fourth-order valence-corrected chi connectivity index (χ4v) is 2.48. The van der Waals surface area contributed by atoms with Crippen molar-refractivity contribution in [3.8, 4) is 0 Å². The number of aromatic amines is 1. The molecule has 3 amide bonds. The van der Waals surface area contributed by atoms with Gasteiger partial charge in [0.25, 0.3) is 11.5 Å². The van der Waals surface area contributed by atoms with Gasteiger partial charge in [-0.15, -0.1) is 0 Å². The van der Waals surface area contributed by atoms with E-state index in [1.165, 1.54) is 18.1 Å². The summed E-state index contributed by atoms with van der Waals surface area (Å²) >= 11 is 0. The van der Waals surface area contributed by atoms with Crippen LogP contribution in [-0.4, -0.2) is 56.7 Å². The third-order valence-electron chi connectivity index (χ3n) is 3.72. The Hall–Kier alpha value is -2.71. The topological polar surface area (TPSA) is 113 Å². The molecule has 9 heteroatoms. The van der Waals surface area contributed by atoms with Gasteiger partial charge in [0, 0.05) is 25.9 Å². The number of H-pyrrole nitrogens is 1. The summed E-state index contributed by atoms with van der Waals surface area (Å²) in [6, 6.07) is 0.301. The third kappa shape index (κ3) is 3.38. The van der Waals surface area contributed by atoms with Crippen molar-refractivity contribution >= 4 is 17.7 Å². The lowest BCUT2D eigenvalue weighted by molar-refractivity contribution is -0.143. The van der Waals surface area contributed by atoms with Gasteiger partial charge in [-0.3, -0.25) is 33.6 Å². The highest BCUT2D eigenvalue weighted by atomic mass is 16.2. The minimum absolute atomic E-state index is 0.0540. The normalized spacial score (nSPS) is 17.7. The molecular formula is C14H18N4O5. The van der Waals surface area contributed by atoms with Crippen molar-refractivity contribution in [1.82, 2.24) is 19.4 Å². The van der Waals surface area contributed by atoms with Gasteiger partial charge in [0.2, 0.25) is 11.8 Å². The molecule has 1 fully saturated rings. The first-order chi connectivity index (χ1) is 10.8. The Labute approximate surface area is 131 Å². The average molecular weight is 322 g/mol. The summed E-state index contributed by atoms with van der Waals surface area (Å²) in [5.74, 6) is -1.22. The predicted octanol–water partition coefficient (Wildman–Crippen LogP) is -1.47. The number of likely N-dealkylation sites (tertiary alicyclic amines) is 1. The van der Waals surface area contributed by atoms with E-state index in [0.29, 0.717) is 13.0 Å². The van der Waals surface area contributed by atoms with E-state index in [2.05, 4.69) is 4.98 Å². The van der Waals surface area contributed by atoms with Crippen LogP contribution in [-0.2, 0) is 20.9 Å². The van der Waals surface area contributed by atoms with Crippen molar-refractivity contribution in [2.24, 2.45) is 0 Å². The van der Waals surface area contributed by atoms with Crippen LogP contribution in [0, 0.1) is 0 Å². The highest BCUT2D eigenvalue weighted by Gasteiger charge is 2.41. The van der Waals surface area contributed by atoms with Gasteiger partial charge in [-0.2, -0.15) is 0 Å². The molecule has 1 aromatic rings. The van der Waals surface area contributed by atoms with Crippen LogP contribution in [0.2, 0.25) is 0 Å². The van der Waals surface area contributed by atoms with Gasteiger partial charge in [0.05, 0.1) is 6.42 Å². The summed E-state index contributed by atoms with van der Waals surface area (Å²) in [4.78, 5) is 63.3. The number of nitrogens with one attached hydrogen (secondary N) is 1. The molecule has 1 atom stereocenters. The van der Waals surface area contributed by atoms with Gasteiger partial charge >= 0.3 is 5.69 Å². The molecule has 1 saturated heterocycles. The SMILES string of the molecule is CCCN(C(=O)Cn1ccc(=O)[nH]c1=O)C1CC(=O)N(C)C1=O. The first kappa shape index (κ1) is 16.7. The quantitative estimate of drug-likeness (QED) is 0.665. The fraction of sp³-hybridized carbons (Fsp3) is 0.500. The minimum atomic E-state index is -0.835. The van der Waals surface area contributed by atoms with E-state index in [9.17, 15) is 24.0 Å².